The fraction of sp³-hybridized carbons (Fsp3) is 0.261. The summed E-state index contributed by atoms with van der Waals surface area (Å²) in [5.41, 5.74) is 2.33. The maximum atomic E-state index is 12.7. The quantitative estimate of drug-likeness (QED) is 0.451. The Morgan fingerprint density at radius 3 is 3.00 bits per heavy atom. The Bertz CT molecular complexity index is 1220. The van der Waals surface area contributed by atoms with Crippen molar-refractivity contribution in [2.75, 3.05) is 13.6 Å². The van der Waals surface area contributed by atoms with E-state index in [-0.39, 0.29) is 24.3 Å². The first-order valence-corrected chi connectivity index (χ1v) is 10.8. The van der Waals surface area contributed by atoms with Gasteiger partial charge in [0.2, 0.25) is 0 Å². The van der Waals surface area contributed by atoms with Gasteiger partial charge >= 0.3 is 0 Å². The van der Waals surface area contributed by atoms with E-state index in [1.807, 2.05) is 43.3 Å². The fourth-order valence-corrected chi connectivity index (χ4v) is 4.50. The maximum absolute atomic E-state index is 12.7. The molecule has 0 saturated carbocycles. The summed E-state index contributed by atoms with van der Waals surface area (Å²) in [4.78, 5) is 18.8. The van der Waals surface area contributed by atoms with E-state index in [1.165, 1.54) is 5.56 Å². The molecule has 0 saturated heterocycles. The van der Waals surface area contributed by atoms with Crippen LogP contribution in [0.5, 0.6) is 11.5 Å². The van der Waals surface area contributed by atoms with Crippen molar-refractivity contribution < 1.29 is 18.8 Å². The Hall–Kier alpha value is -3.39. The maximum Gasteiger partial charge on any atom is 0.275 e. The SMILES string of the molecule is Cc1nc2cc(OCc3cc(C(=O)N(C)C[C@@H]4Cc5ccccc5O4)no3)ccc2s1. The van der Waals surface area contributed by atoms with Gasteiger partial charge in [0.05, 0.1) is 21.8 Å². The highest BCUT2D eigenvalue weighted by molar-refractivity contribution is 7.18. The summed E-state index contributed by atoms with van der Waals surface area (Å²) in [5.74, 6) is 1.85. The summed E-state index contributed by atoms with van der Waals surface area (Å²) in [6, 6.07) is 15.4. The van der Waals surface area contributed by atoms with Gasteiger partial charge in [0, 0.05) is 25.6 Å². The molecule has 31 heavy (non-hydrogen) atoms. The minimum atomic E-state index is -0.214. The lowest BCUT2D eigenvalue weighted by molar-refractivity contribution is 0.0720. The molecule has 1 aliphatic heterocycles. The molecule has 3 heterocycles. The van der Waals surface area contributed by atoms with Crippen molar-refractivity contribution in [3.05, 3.63) is 70.6 Å². The van der Waals surface area contributed by atoms with E-state index >= 15 is 0 Å². The third-order valence-corrected chi connectivity index (χ3v) is 6.11. The fourth-order valence-electron chi connectivity index (χ4n) is 3.69. The van der Waals surface area contributed by atoms with Crippen molar-refractivity contribution in [2.24, 2.45) is 0 Å². The number of carbonyl (C=O) groups excluding carboxylic acids is 1. The zero-order valence-corrected chi connectivity index (χ0v) is 18.0. The van der Waals surface area contributed by atoms with E-state index in [0.29, 0.717) is 18.1 Å². The minimum Gasteiger partial charge on any atom is -0.488 e. The van der Waals surface area contributed by atoms with E-state index in [0.717, 1.165) is 27.4 Å². The van der Waals surface area contributed by atoms with Gasteiger partial charge in [0.1, 0.15) is 24.2 Å². The first kappa shape index (κ1) is 19.6. The molecule has 0 unspecified atom stereocenters. The Morgan fingerprint density at radius 2 is 2.13 bits per heavy atom. The summed E-state index contributed by atoms with van der Waals surface area (Å²) < 4.78 is 18.1. The molecule has 1 atom stereocenters. The van der Waals surface area contributed by atoms with Gasteiger partial charge < -0.3 is 18.9 Å². The Morgan fingerprint density at radius 1 is 1.26 bits per heavy atom. The van der Waals surface area contributed by atoms with E-state index in [1.54, 1.807) is 29.4 Å². The molecule has 0 aliphatic carbocycles. The number of hydrogen-bond acceptors (Lipinski definition) is 7. The number of rotatable bonds is 6. The predicted octanol–water partition coefficient (Wildman–Crippen LogP) is 4.25. The lowest BCUT2D eigenvalue weighted by atomic mass is 10.1. The minimum absolute atomic E-state index is 0.0645. The molecule has 158 valence electrons. The molecule has 0 bridgehead atoms. The first-order valence-electron chi connectivity index (χ1n) is 10.0. The standard InChI is InChI=1S/C23H21N3O4S/c1-14-24-19-10-16(7-8-22(19)31-14)28-13-18-11-20(25-30-18)23(27)26(2)12-17-9-15-5-3-4-6-21(15)29-17/h3-8,10-11,17H,9,12-13H2,1-2H3/t17-/m0/s1. The number of amides is 1. The highest BCUT2D eigenvalue weighted by Gasteiger charge is 2.26. The van der Waals surface area contributed by atoms with Crippen molar-refractivity contribution in [2.45, 2.75) is 26.1 Å². The monoisotopic (exact) mass is 435 g/mol. The van der Waals surface area contributed by atoms with Gasteiger partial charge in [-0.3, -0.25) is 4.79 Å². The molecule has 0 N–H and O–H groups in total. The average Bonchev–Trinajstić information content (AvgIpc) is 3.48. The van der Waals surface area contributed by atoms with Gasteiger partial charge in [0.15, 0.2) is 11.5 Å². The number of fused-ring (bicyclic) bond motifs is 2. The first-order chi connectivity index (χ1) is 15.0. The lowest BCUT2D eigenvalue weighted by Gasteiger charge is -2.19. The summed E-state index contributed by atoms with van der Waals surface area (Å²) in [5, 5.41) is 4.93. The topological polar surface area (TPSA) is 77.7 Å². The third kappa shape index (κ3) is 4.11. The van der Waals surface area contributed by atoms with Gasteiger partial charge in [-0.15, -0.1) is 11.3 Å². The van der Waals surface area contributed by atoms with E-state index in [2.05, 4.69) is 16.2 Å². The average molecular weight is 436 g/mol. The van der Waals surface area contributed by atoms with Crippen molar-refractivity contribution in [3.8, 4) is 11.5 Å². The number of carbonyl (C=O) groups is 1. The van der Waals surface area contributed by atoms with Crippen LogP contribution in [0.4, 0.5) is 0 Å². The molecule has 4 aromatic rings. The largest absolute Gasteiger partial charge is 0.488 e. The van der Waals surface area contributed by atoms with Crippen molar-refractivity contribution in [3.63, 3.8) is 0 Å². The molecule has 8 heteroatoms. The van der Waals surface area contributed by atoms with E-state index in [9.17, 15) is 4.79 Å². The molecule has 2 aromatic heterocycles. The molecule has 0 fully saturated rings. The van der Waals surface area contributed by atoms with Crippen LogP contribution in [-0.4, -0.2) is 40.6 Å². The number of aryl methyl sites for hydroxylation is 1. The van der Waals surface area contributed by atoms with E-state index < -0.39 is 0 Å². The molecule has 0 spiro atoms. The molecular formula is C23H21N3O4S. The number of hydrogen-bond donors (Lipinski definition) is 0. The third-order valence-electron chi connectivity index (χ3n) is 5.16. The smallest absolute Gasteiger partial charge is 0.275 e. The Kier molecular flexibility index (Phi) is 5.07. The Labute approximate surface area is 183 Å². The summed E-state index contributed by atoms with van der Waals surface area (Å²) in [7, 11) is 1.74. The molecule has 5 rings (SSSR count). The predicted molar refractivity (Wildman–Crippen MR) is 117 cm³/mol. The molecule has 1 amide bonds. The van der Waals surface area contributed by atoms with Crippen LogP contribution in [0.3, 0.4) is 0 Å². The highest BCUT2D eigenvalue weighted by atomic mass is 32.1. The number of likely N-dealkylation sites (N-methyl/N-ethyl adjacent to an activating group) is 1. The normalized spacial score (nSPS) is 15.0. The van der Waals surface area contributed by atoms with Crippen LogP contribution in [0.2, 0.25) is 0 Å². The lowest BCUT2D eigenvalue weighted by Crippen LogP contribution is -2.36. The van der Waals surface area contributed by atoms with Crippen LogP contribution in [0.25, 0.3) is 10.2 Å². The van der Waals surface area contributed by atoms with Gasteiger partial charge in [-0.25, -0.2) is 4.98 Å². The number of para-hydroxylation sites is 1. The van der Waals surface area contributed by atoms with Crippen LogP contribution in [0, 0.1) is 6.92 Å². The number of aromatic nitrogens is 2. The van der Waals surface area contributed by atoms with Crippen molar-refractivity contribution in [1.82, 2.24) is 15.0 Å². The van der Waals surface area contributed by atoms with Gasteiger partial charge in [-0.05, 0) is 30.7 Å². The van der Waals surface area contributed by atoms with Crippen LogP contribution in [0.15, 0.2) is 53.1 Å². The van der Waals surface area contributed by atoms with Crippen LogP contribution >= 0.6 is 11.3 Å². The number of nitrogens with zero attached hydrogens (tertiary/aromatic N) is 3. The van der Waals surface area contributed by atoms with Crippen LogP contribution < -0.4 is 9.47 Å². The van der Waals surface area contributed by atoms with Gasteiger partial charge in [-0.2, -0.15) is 0 Å². The zero-order chi connectivity index (χ0) is 21.4. The van der Waals surface area contributed by atoms with E-state index in [4.69, 9.17) is 14.0 Å². The van der Waals surface area contributed by atoms with Crippen LogP contribution in [0.1, 0.15) is 26.8 Å². The number of ether oxygens (including phenoxy) is 2. The van der Waals surface area contributed by atoms with Gasteiger partial charge in [-0.1, -0.05) is 23.4 Å². The summed E-state index contributed by atoms with van der Waals surface area (Å²) >= 11 is 1.65. The van der Waals surface area contributed by atoms with Crippen LogP contribution in [-0.2, 0) is 13.0 Å². The number of benzene rings is 2. The highest BCUT2D eigenvalue weighted by Crippen LogP contribution is 2.29. The molecule has 7 nitrogen and oxygen atoms in total. The van der Waals surface area contributed by atoms with Gasteiger partial charge in [0.25, 0.3) is 5.91 Å². The molecule has 0 radical (unpaired) electrons. The second kappa shape index (κ2) is 8.03. The zero-order valence-electron chi connectivity index (χ0n) is 17.2. The molecule has 1 aliphatic rings. The van der Waals surface area contributed by atoms with Crippen molar-refractivity contribution in [1.29, 1.82) is 0 Å². The number of thiazole rings is 1. The second-order valence-corrected chi connectivity index (χ2v) is 8.80. The van der Waals surface area contributed by atoms with Crippen molar-refractivity contribution >= 4 is 27.5 Å². The Balaban J connectivity index is 1.18. The molecule has 2 aromatic carbocycles. The molecular weight excluding hydrogens is 414 g/mol. The second-order valence-electron chi connectivity index (χ2n) is 7.57. The summed E-state index contributed by atoms with van der Waals surface area (Å²) in [6.07, 6.45) is 0.722. The summed E-state index contributed by atoms with van der Waals surface area (Å²) in [6.45, 7) is 2.63.